The molecule has 0 bridgehead atoms. The van der Waals surface area contributed by atoms with Crippen molar-refractivity contribution in [3.8, 4) is 0 Å². The number of rotatable bonds is 4. The topological polar surface area (TPSA) is 29.5 Å². The van der Waals surface area contributed by atoms with Crippen LogP contribution in [0.4, 0.5) is 4.79 Å². The SMILES string of the molecule is CC(C)N(C(=O)O[CH-]C1=CCCC1)C(C)C.[Li+]. The molecule has 0 aliphatic heterocycles. The first-order valence-electron chi connectivity index (χ1n) is 6.03. The second-order valence-corrected chi connectivity index (χ2v) is 4.77. The molecule has 0 atom stereocenters. The van der Waals surface area contributed by atoms with Crippen LogP contribution in [0, 0.1) is 6.61 Å². The van der Waals surface area contributed by atoms with Crippen LogP contribution in [0.2, 0.25) is 0 Å². The van der Waals surface area contributed by atoms with E-state index in [1.54, 1.807) is 11.5 Å². The fourth-order valence-electron chi connectivity index (χ4n) is 2.01. The van der Waals surface area contributed by atoms with Gasteiger partial charge in [-0.05, 0) is 27.7 Å². The van der Waals surface area contributed by atoms with E-state index in [1.165, 1.54) is 6.42 Å². The van der Waals surface area contributed by atoms with Gasteiger partial charge in [0.05, 0.1) is 0 Å². The van der Waals surface area contributed by atoms with Gasteiger partial charge in [0.2, 0.25) is 0 Å². The summed E-state index contributed by atoms with van der Waals surface area (Å²) in [4.78, 5) is 13.6. The molecule has 0 spiro atoms. The van der Waals surface area contributed by atoms with E-state index in [0.717, 1.165) is 18.4 Å². The number of hydrogen-bond donors (Lipinski definition) is 0. The molecule has 0 saturated heterocycles. The van der Waals surface area contributed by atoms with Crippen molar-refractivity contribution in [3.63, 3.8) is 0 Å². The van der Waals surface area contributed by atoms with Gasteiger partial charge in [-0.15, -0.1) is 6.42 Å². The monoisotopic (exact) mass is 231 g/mol. The smallest absolute Gasteiger partial charge is 0.511 e. The first-order valence-corrected chi connectivity index (χ1v) is 6.03. The van der Waals surface area contributed by atoms with Crippen LogP contribution in [-0.2, 0) is 4.74 Å². The number of amides is 1. The van der Waals surface area contributed by atoms with E-state index in [0.29, 0.717) is 0 Å². The number of ether oxygens (including phenoxy) is 1. The van der Waals surface area contributed by atoms with E-state index in [9.17, 15) is 4.79 Å². The Bertz CT molecular complexity index is 267. The molecular formula is C13H22LiNO2. The van der Waals surface area contributed by atoms with Gasteiger partial charge in [-0.3, -0.25) is 0 Å². The summed E-state index contributed by atoms with van der Waals surface area (Å²) in [6, 6.07) is 0.330. The molecular weight excluding hydrogens is 209 g/mol. The van der Waals surface area contributed by atoms with E-state index >= 15 is 0 Å². The molecule has 1 rings (SSSR count). The molecule has 0 saturated carbocycles. The van der Waals surface area contributed by atoms with Gasteiger partial charge in [-0.1, -0.05) is 19.4 Å². The van der Waals surface area contributed by atoms with Gasteiger partial charge in [0.1, 0.15) is 0 Å². The Morgan fingerprint density at radius 3 is 2.35 bits per heavy atom. The van der Waals surface area contributed by atoms with Crippen LogP contribution in [0.25, 0.3) is 0 Å². The summed E-state index contributed by atoms with van der Waals surface area (Å²) in [5.74, 6) is 0. The molecule has 0 unspecified atom stereocenters. The molecule has 1 amide bonds. The molecule has 4 heteroatoms. The van der Waals surface area contributed by atoms with E-state index in [-0.39, 0.29) is 37.0 Å². The van der Waals surface area contributed by atoms with Gasteiger partial charge in [0, 0.05) is 12.1 Å². The van der Waals surface area contributed by atoms with Crippen LogP contribution in [-0.4, -0.2) is 23.1 Å². The second-order valence-electron chi connectivity index (χ2n) is 4.77. The average molecular weight is 231 g/mol. The molecule has 0 fully saturated rings. The predicted molar refractivity (Wildman–Crippen MR) is 64.8 cm³/mol. The standard InChI is InChI=1S/C13H22NO2.Li/c1-10(2)14(11(3)4)13(15)16-9-12-7-5-6-8-12;/h7,9-11H,5-6,8H2,1-4H3;/q-1;+1. The zero-order valence-electron chi connectivity index (χ0n) is 11.7. The fourth-order valence-corrected chi connectivity index (χ4v) is 2.01. The summed E-state index contributed by atoms with van der Waals surface area (Å²) in [6.45, 7) is 9.59. The van der Waals surface area contributed by atoms with Gasteiger partial charge in [0.25, 0.3) is 0 Å². The van der Waals surface area contributed by atoms with Gasteiger partial charge in [-0.25, -0.2) is 10.9 Å². The number of hydrogen-bond acceptors (Lipinski definition) is 2. The number of nitrogens with zero attached hydrogens (tertiary/aromatic N) is 1. The molecule has 17 heavy (non-hydrogen) atoms. The van der Waals surface area contributed by atoms with E-state index < -0.39 is 0 Å². The first kappa shape index (κ1) is 16.5. The molecule has 92 valence electrons. The predicted octanol–water partition coefficient (Wildman–Crippen LogP) is 0.518. The van der Waals surface area contributed by atoms with Crippen molar-refractivity contribution < 1.29 is 28.4 Å². The molecule has 0 radical (unpaired) electrons. The summed E-state index contributed by atoms with van der Waals surface area (Å²) in [5, 5.41) is 0. The summed E-state index contributed by atoms with van der Waals surface area (Å²) >= 11 is 0. The fraction of sp³-hybridized carbons (Fsp3) is 0.692. The number of carbonyl (C=O) groups is 1. The minimum Gasteiger partial charge on any atom is -0.511 e. The Morgan fingerprint density at radius 2 is 1.94 bits per heavy atom. The van der Waals surface area contributed by atoms with E-state index in [1.807, 2.05) is 27.7 Å². The number of allylic oxidation sites excluding steroid dienone is 1. The van der Waals surface area contributed by atoms with Gasteiger partial charge >= 0.3 is 25.0 Å². The summed E-state index contributed by atoms with van der Waals surface area (Å²) < 4.78 is 5.20. The Balaban J connectivity index is 0.00000256. The van der Waals surface area contributed by atoms with Crippen LogP contribution < -0.4 is 18.9 Å². The molecule has 0 aromatic carbocycles. The van der Waals surface area contributed by atoms with Gasteiger partial charge < -0.3 is 9.64 Å². The van der Waals surface area contributed by atoms with E-state index in [4.69, 9.17) is 4.74 Å². The maximum absolute atomic E-state index is 11.8. The van der Waals surface area contributed by atoms with Crippen molar-refractivity contribution in [1.29, 1.82) is 0 Å². The van der Waals surface area contributed by atoms with E-state index in [2.05, 4.69) is 6.08 Å². The van der Waals surface area contributed by atoms with Crippen LogP contribution in [0.5, 0.6) is 0 Å². The molecule has 1 aliphatic carbocycles. The maximum Gasteiger partial charge on any atom is 1.00 e. The van der Waals surface area contributed by atoms with Crippen molar-refractivity contribution in [2.45, 2.75) is 59.0 Å². The largest absolute Gasteiger partial charge is 1.00 e. The minimum atomic E-state index is -0.252. The molecule has 0 N–H and O–H groups in total. The zero-order valence-corrected chi connectivity index (χ0v) is 11.7. The van der Waals surface area contributed by atoms with Crippen LogP contribution in [0.1, 0.15) is 47.0 Å². The van der Waals surface area contributed by atoms with Crippen LogP contribution >= 0.6 is 0 Å². The normalized spacial score (nSPS) is 14.4. The third-order valence-electron chi connectivity index (χ3n) is 2.71. The van der Waals surface area contributed by atoms with Gasteiger partial charge in [-0.2, -0.15) is 5.57 Å². The Morgan fingerprint density at radius 1 is 1.35 bits per heavy atom. The van der Waals surface area contributed by atoms with Crippen molar-refractivity contribution in [2.75, 3.05) is 0 Å². The summed E-state index contributed by atoms with van der Waals surface area (Å²) in [5.41, 5.74) is 1.14. The van der Waals surface area contributed by atoms with Crippen molar-refractivity contribution >= 4 is 6.09 Å². The number of carbonyl (C=O) groups excluding carboxylic acids is 1. The average Bonchev–Trinajstić information content (AvgIpc) is 2.65. The third-order valence-corrected chi connectivity index (χ3v) is 2.71. The molecule has 0 heterocycles. The van der Waals surface area contributed by atoms with Crippen molar-refractivity contribution in [3.05, 3.63) is 18.3 Å². The minimum absolute atomic E-state index is 0. The zero-order chi connectivity index (χ0) is 12.1. The van der Waals surface area contributed by atoms with Gasteiger partial charge in [0.15, 0.2) is 0 Å². The van der Waals surface area contributed by atoms with Crippen LogP contribution in [0.3, 0.4) is 0 Å². The molecule has 3 nitrogen and oxygen atoms in total. The maximum atomic E-state index is 11.8. The summed E-state index contributed by atoms with van der Waals surface area (Å²) in [6.07, 6.45) is 5.17. The third kappa shape index (κ3) is 5.10. The van der Waals surface area contributed by atoms with Crippen LogP contribution in [0.15, 0.2) is 11.6 Å². The molecule has 0 aromatic heterocycles. The Hall–Kier alpha value is -0.523. The quantitative estimate of drug-likeness (QED) is 0.521. The van der Waals surface area contributed by atoms with Crippen molar-refractivity contribution in [2.24, 2.45) is 0 Å². The molecule has 1 aliphatic rings. The Kier molecular flexibility index (Phi) is 7.50. The first-order chi connectivity index (χ1) is 7.52. The molecule has 0 aromatic rings. The van der Waals surface area contributed by atoms with Crippen molar-refractivity contribution in [1.82, 2.24) is 4.90 Å². The summed E-state index contributed by atoms with van der Waals surface area (Å²) in [7, 11) is 0. The Labute approximate surface area is 117 Å². The second kappa shape index (κ2) is 7.74.